The maximum absolute atomic E-state index is 12.5. The highest BCUT2D eigenvalue weighted by Crippen LogP contribution is 2.33. The standard InChI is InChI=1S/C15H15F3N4/c16-15(17,18)13-6-7-14(22-21-13)20-12-3-1-2-9-8-10(19)4-5-11(9)12/h4-8,12H,1-3,19H2,(H,20,22). The summed E-state index contributed by atoms with van der Waals surface area (Å²) < 4.78 is 37.4. The lowest BCUT2D eigenvalue weighted by Gasteiger charge is -2.27. The molecule has 0 aliphatic heterocycles. The van der Waals surface area contributed by atoms with Crippen molar-refractivity contribution in [2.24, 2.45) is 0 Å². The smallest absolute Gasteiger partial charge is 0.399 e. The van der Waals surface area contributed by atoms with Gasteiger partial charge in [-0.05, 0) is 54.7 Å². The van der Waals surface area contributed by atoms with Crippen molar-refractivity contribution < 1.29 is 13.2 Å². The van der Waals surface area contributed by atoms with Crippen LogP contribution in [0.1, 0.15) is 35.7 Å². The summed E-state index contributed by atoms with van der Waals surface area (Å²) in [5, 5.41) is 10.0. The highest BCUT2D eigenvalue weighted by atomic mass is 19.4. The Hall–Kier alpha value is -2.31. The normalized spacial score (nSPS) is 17.9. The first kappa shape index (κ1) is 14.6. The quantitative estimate of drug-likeness (QED) is 0.833. The molecule has 3 N–H and O–H groups in total. The molecule has 7 heteroatoms. The van der Waals surface area contributed by atoms with Crippen LogP contribution in [0.2, 0.25) is 0 Å². The van der Waals surface area contributed by atoms with E-state index >= 15 is 0 Å². The van der Waals surface area contributed by atoms with Crippen molar-refractivity contribution in [3.8, 4) is 0 Å². The first-order chi connectivity index (χ1) is 10.4. The van der Waals surface area contributed by atoms with Crippen LogP contribution in [0, 0.1) is 0 Å². The minimum Gasteiger partial charge on any atom is -0.399 e. The van der Waals surface area contributed by atoms with E-state index in [-0.39, 0.29) is 6.04 Å². The number of hydrogen-bond acceptors (Lipinski definition) is 4. The van der Waals surface area contributed by atoms with E-state index in [1.807, 2.05) is 18.2 Å². The van der Waals surface area contributed by atoms with Gasteiger partial charge < -0.3 is 11.1 Å². The Morgan fingerprint density at radius 2 is 1.95 bits per heavy atom. The number of fused-ring (bicyclic) bond motifs is 1. The average Bonchev–Trinajstić information content (AvgIpc) is 2.47. The lowest BCUT2D eigenvalue weighted by Crippen LogP contribution is -2.19. The summed E-state index contributed by atoms with van der Waals surface area (Å²) in [5.74, 6) is 0.336. The molecule has 116 valence electrons. The number of nitrogens with two attached hydrogens (primary N) is 1. The molecule has 1 atom stereocenters. The van der Waals surface area contributed by atoms with Crippen LogP contribution in [-0.2, 0) is 12.6 Å². The van der Waals surface area contributed by atoms with Crippen molar-refractivity contribution in [3.63, 3.8) is 0 Å². The third-order valence-corrected chi connectivity index (χ3v) is 3.76. The largest absolute Gasteiger partial charge is 0.435 e. The Morgan fingerprint density at radius 3 is 2.64 bits per heavy atom. The van der Waals surface area contributed by atoms with Crippen molar-refractivity contribution in [1.29, 1.82) is 0 Å². The Morgan fingerprint density at radius 1 is 1.14 bits per heavy atom. The molecule has 0 bridgehead atoms. The lowest BCUT2D eigenvalue weighted by molar-refractivity contribution is -0.141. The van der Waals surface area contributed by atoms with Crippen LogP contribution in [0.15, 0.2) is 30.3 Å². The van der Waals surface area contributed by atoms with Crippen molar-refractivity contribution in [2.75, 3.05) is 11.1 Å². The fourth-order valence-electron chi connectivity index (χ4n) is 2.72. The molecule has 0 radical (unpaired) electrons. The van der Waals surface area contributed by atoms with Gasteiger partial charge in [0.1, 0.15) is 5.82 Å². The first-order valence-electron chi connectivity index (χ1n) is 6.99. The topological polar surface area (TPSA) is 63.8 Å². The van der Waals surface area contributed by atoms with Crippen LogP contribution in [0.25, 0.3) is 0 Å². The van der Waals surface area contributed by atoms with Gasteiger partial charge in [-0.3, -0.25) is 0 Å². The van der Waals surface area contributed by atoms with Gasteiger partial charge in [0.05, 0.1) is 6.04 Å². The number of rotatable bonds is 2. The summed E-state index contributed by atoms with van der Waals surface area (Å²) in [5.41, 5.74) is 7.80. The van der Waals surface area contributed by atoms with E-state index in [1.165, 1.54) is 11.6 Å². The van der Waals surface area contributed by atoms with Crippen molar-refractivity contribution in [3.05, 3.63) is 47.2 Å². The van der Waals surface area contributed by atoms with Crippen LogP contribution >= 0.6 is 0 Å². The number of nitrogens with zero attached hydrogens (tertiary/aromatic N) is 2. The highest BCUT2D eigenvalue weighted by Gasteiger charge is 2.33. The summed E-state index contributed by atoms with van der Waals surface area (Å²) in [6, 6.07) is 7.98. The molecule has 1 aromatic carbocycles. The van der Waals surface area contributed by atoms with E-state index in [4.69, 9.17) is 5.73 Å². The molecule has 0 amide bonds. The van der Waals surface area contributed by atoms with E-state index in [0.29, 0.717) is 11.5 Å². The van der Waals surface area contributed by atoms with Gasteiger partial charge in [-0.2, -0.15) is 13.2 Å². The third-order valence-electron chi connectivity index (χ3n) is 3.76. The van der Waals surface area contributed by atoms with E-state index in [1.54, 1.807) is 0 Å². The maximum atomic E-state index is 12.5. The number of nitrogen functional groups attached to an aromatic ring is 1. The molecule has 0 spiro atoms. The Balaban J connectivity index is 1.80. The first-order valence-corrected chi connectivity index (χ1v) is 6.99. The number of alkyl halides is 3. The van der Waals surface area contributed by atoms with Crippen LogP contribution in [0.5, 0.6) is 0 Å². The fourth-order valence-corrected chi connectivity index (χ4v) is 2.72. The highest BCUT2D eigenvalue weighted by molar-refractivity contribution is 5.49. The molecule has 1 aliphatic carbocycles. The van der Waals surface area contributed by atoms with Crippen LogP contribution < -0.4 is 11.1 Å². The summed E-state index contributed by atoms with van der Waals surface area (Å²) in [4.78, 5) is 0. The predicted molar refractivity (Wildman–Crippen MR) is 77.2 cm³/mol. The van der Waals surface area contributed by atoms with Gasteiger partial charge >= 0.3 is 6.18 Å². The summed E-state index contributed by atoms with van der Waals surface area (Å²) >= 11 is 0. The predicted octanol–water partition coefficient (Wildman–Crippen LogP) is 3.57. The number of anilines is 2. The zero-order valence-electron chi connectivity index (χ0n) is 11.7. The fraction of sp³-hybridized carbons (Fsp3) is 0.333. The van der Waals surface area contributed by atoms with Crippen molar-refractivity contribution in [2.45, 2.75) is 31.5 Å². The minimum absolute atomic E-state index is 0.00962. The zero-order chi connectivity index (χ0) is 15.7. The SMILES string of the molecule is Nc1ccc2c(c1)CCCC2Nc1ccc(C(F)(F)F)nn1. The molecule has 0 saturated heterocycles. The zero-order valence-corrected chi connectivity index (χ0v) is 11.7. The van der Waals surface area contributed by atoms with E-state index in [2.05, 4.69) is 15.5 Å². The second-order valence-electron chi connectivity index (χ2n) is 5.35. The third kappa shape index (κ3) is 2.98. The molecule has 0 saturated carbocycles. The van der Waals surface area contributed by atoms with Gasteiger partial charge in [-0.15, -0.1) is 10.2 Å². The summed E-state index contributed by atoms with van der Waals surface area (Å²) in [6.45, 7) is 0. The number of aryl methyl sites for hydroxylation is 1. The molecule has 3 rings (SSSR count). The second-order valence-corrected chi connectivity index (χ2v) is 5.35. The van der Waals surface area contributed by atoms with Gasteiger partial charge in [-0.25, -0.2) is 0 Å². The van der Waals surface area contributed by atoms with Gasteiger partial charge in [0.25, 0.3) is 0 Å². The molecule has 1 heterocycles. The Kier molecular flexibility index (Phi) is 3.64. The van der Waals surface area contributed by atoms with Gasteiger partial charge in [0.15, 0.2) is 5.69 Å². The van der Waals surface area contributed by atoms with Crippen LogP contribution in [0.4, 0.5) is 24.7 Å². The second kappa shape index (κ2) is 5.47. The van der Waals surface area contributed by atoms with Crippen molar-refractivity contribution >= 4 is 11.5 Å². The minimum atomic E-state index is -4.47. The van der Waals surface area contributed by atoms with Crippen LogP contribution in [-0.4, -0.2) is 10.2 Å². The Bertz CT molecular complexity index is 667. The summed E-state index contributed by atoms with van der Waals surface area (Å²) in [7, 11) is 0. The average molecular weight is 308 g/mol. The molecule has 4 nitrogen and oxygen atoms in total. The van der Waals surface area contributed by atoms with Gasteiger partial charge in [0.2, 0.25) is 0 Å². The number of nitrogens with one attached hydrogen (secondary N) is 1. The van der Waals surface area contributed by atoms with Crippen LogP contribution in [0.3, 0.4) is 0 Å². The number of aromatic nitrogens is 2. The molecular weight excluding hydrogens is 293 g/mol. The number of benzene rings is 1. The monoisotopic (exact) mass is 308 g/mol. The molecule has 1 aliphatic rings. The number of hydrogen-bond donors (Lipinski definition) is 2. The molecule has 22 heavy (non-hydrogen) atoms. The molecule has 1 aromatic heterocycles. The molecule has 2 aromatic rings. The lowest BCUT2D eigenvalue weighted by atomic mass is 9.87. The van der Waals surface area contributed by atoms with Gasteiger partial charge in [-0.1, -0.05) is 6.07 Å². The number of halogens is 3. The molecule has 1 unspecified atom stereocenters. The van der Waals surface area contributed by atoms with E-state index < -0.39 is 11.9 Å². The molecule has 0 fully saturated rings. The van der Waals surface area contributed by atoms with E-state index in [9.17, 15) is 13.2 Å². The maximum Gasteiger partial charge on any atom is 0.435 e. The van der Waals surface area contributed by atoms with Crippen molar-refractivity contribution in [1.82, 2.24) is 10.2 Å². The summed E-state index contributed by atoms with van der Waals surface area (Å²) in [6.07, 6.45) is -1.64. The Labute approximate surface area is 125 Å². The molecular formula is C15H15F3N4. The van der Waals surface area contributed by atoms with E-state index in [0.717, 1.165) is 30.9 Å². The van der Waals surface area contributed by atoms with Gasteiger partial charge in [0, 0.05) is 5.69 Å².